The van der Waals surface area contributed by atoms with Crippen molar-refractivity contribution in [2.24, 2.45) is 0 Å². The lowest BCUT2D eigenvalue weighted by Gasteiger charge is -2.12. The van der Waals surface area contributed by atoms with Crippen LogP contribution in [0.15, 0.2) is 212 Å². The second-order valence-electron chi connectivity index (χ2n) is 14.8. The SMILES string of the molecule is c1ccc(-c2cc(-c3cccc(-c4cccc(-c5sc6c(-c7ccccc7)nc7ccccc7c6c5-c5ccc6ccccc6c5)c4)c3)nc(-c3ccccc3)n2)cc1. The van der Waals surface area contributed by atoms with Gasteiger partial charge in [0.05, 0.1) is 27.3 Å². The molecule has 0 bridgehead atoms. The number of nitrogens with zero attached hydrogens (tertiary/aromatic N) is 3. The van der Waals surface area contributed by atoms with Crippen LogP contribution in [0, 0.1) is 0 Å². The number of hydrogen-bond donors (Lipinski definition) is 0. The first-order valence-corrected chi connectivity index (χ1v) is 20.7. The van der Waals surface area contributed by atoms with Crippen LogP contribution in [0.4, 0.5) is 0 Å². The third-order valence-electron chi connectivity index (χ3n) is 11.1. The summed E-state index contributed by atoms with van der Waals surface area (Å²) in [5.74, 6) is 0.706. The molecule has 8 aromatic carbocycles. The number of rotatable bonds is 7. The molecule has 0 saturated heterocycles. The van der Waals surface area contributed by atoms with Crippen molar-refractivity contribution in [3.63, 3.8) is 0 Å². The molecule has 11 aromatic rings. The van der Waals surface area contributed by atoms with Crippen molar-refractivity contribution in [2.75, 3.05) is 0 Å². The third kappa shape index (κ3) is 6.46. The zero-order valence-corrected chi connectivity index (χ0v) is 32.8. The fraction of sp³-hybridized carbons (Fsp3) is 0. The minimum absolute atomic E-state index is 0.706. The maximum absolute atomic E-state index is 5.32. The summed E-state index contributed by atoms with van der Waals surface area (Å²) in [5.41, 5.74) is 13.8. The second kappa shape index (κ2) is 14.8. The summed E-state index contributed by atoms with van der Waals surface area (Å²) < 4.78 is 1.19. The van der Waals surface area contributed by atoms with Crippen LogP contribution < -0.4 is 0 Å². The van der Waals surface area contributed by atoms with Gasteiger partial charge in [0.25, 0.3) is 0 Å². The smallest absolute Gasteiger partial charge is 0.160 e. The molecule has 4 heteroatoms. The van der Waals surface area contributed by atoms with Gasteiger partial charge in [-0.1, -0.05) is 182 Å². The highest BCUT2D eigenvalue weighted by Gasteiger charge is 2.23. The van der Waals surface area contributed by atoms with E-state index >= 15 is 0 Å². The Morgan fingerprint density at radius 2 is 0.898 bits per heavy atom. The largest absolute Gasteiger partial charge is 0.246 e. The monoisotopic (exact) mass is 769 g/mol. The Morgan fingerprint density at radius 3 is 1.64 bits per heavy atom. The lowest BCUT2D eigenvalue weighted by atomic mass is 9.93. The Kier molecular flexibility index (Phi) is 8.68. The van der Waals surface area contributed by atoms with E-state index in [-0.39, 0.29) is 0 Å². The Hall–Kier alpha value is -7.53. The average Bonchev–Trinajstić information content (AvgIpc) is 3.73. The van der Waals surface area contributed by atoms with Crippen molar-refractivity contribution in [3.05, 3.63) is 212 Å². The summed E-state index contributed by atoms with van der Waals surface area (Å²) in [6, 6.07) is 75.1. The van der Waals surface area contributed by atoms with E-state index in [0.29, 0.717) is 5.82 Å². The fourth-order valence-corrected chi connectivity index (χ4v) is 9.54. The van der Waals surface area contributed by atoms with Crippen LogP contribution in [-0.4, -0.2) is 15.0 Å². The minimum Gasteiger partial charge on any atom is -0.246 e. The van der Waals surface area contributed by atoms with Crippen molar-refractivity contribution in [1.82, 2.24) is 15.0 Å². The molecule has 0 fully saturated rings. The summed E-state index contributed by atoms with van der Waals surface area (Å²) in [5, 5.41) is 4.85. The summed E-state index contributed by atoms with van der Waals surface area (Å²) in [6.45, 7) is 0. The molecular formula is C55H35N3S. The average molecular weight is 770 g/mol. The van der Waals surface area contributed by atoms with Crippen molar-refractivity contribution < 1.29 is 0 Å². The molecule has 0 radical (unpaired) electrons. The van der Waals surface area contributed by atoms with E-state index in [1.807, 2.05) is 35.6 Å². The highest BCUT2D eigenvalue weighted by molar-refractivity contribution is 7.23. The van der Waals surface area contributed by atoms with E-state index in [4.69, 9.17) is 15.0 Å². The molecule has 0 spiro atoms. The van der Waals surface area contributed by atoms with Gasteiger partial charge in [-0.2, -0.15) is 0 Å². The molecule has 0 aliphatic carbocycles. The van der Waals surface area contributed by atoms with E-state index in [0.717, 1.165) is 61.4 Å². The fourth-order valence-electron chi connectivity index (χ4n) is 8.19. The number of fused-ring (bicyclic) bond motifs is 4. The van der Waals surface area contributed by atoms with Gasteiger partial charge >= 0.3 is 0 Å². The highest BCUT2D eigenvalue weighted by atomic mass is 32.1. The first kappa shape index (κ1) is 34.7. The zero-order chi connectivity index (χ0) is 39.1. The summed E-state index contributed by atoms with van der Waals surface area (Å²) in [7, 11) is 0. The van der Waals surface area contributed by atoms with Gasteiger partial charge in [0.2, 0.25) is 0 Å². The van der Waals surface area contributed by atoms with Gasteiger partial charge in [-0.3, -0.25) is 0 Å². The normalized spacial score (nSPS) is 11.4. The summed E-state index contributed by atoms with van der Waals surface area (Å²) in [4.78, 5) is 16.7. The molecule has 0 amide bonds. The third-order valence-corrected chi connectivity index (χ3v) is 12.3. The van der Waals surface area contributed by atoms with E-state index < -0.39 is 0 Å². The standard InChI is InChI=1S/C55H35N3S/c1-4-17-37(18-5-1)48-35-49(58-55(57-48)39-21-8-3-9-22-39)43-26-14-24-41(32-43)42-25-15-27-45(34-42)53-50(44-31-30-36-16-10-11-23-40(36)33-44)51-46-28-12-13-29-47(46)56-52(54(51)59-53)38-19-6-2-7-20-38/h1-35H. The predicted molar refractivity (Wildman–Crippen MR) is 248 cm³/mol. The van der Waals surface area contributed by atoms with Crippen molar-refractivity contribution in [1.29, 1.82) is 0 Å². The zero-order valence-electron chi connectivity index (χ0n) is 32.0. The van der Waals surface area contributed by atoms with Crippen LogP contribution in [0.3, 0.4) is 0 Å². The number of thiophene rings is 1. The first-order chi connectivity index (χ1) is 29.2. The molecule has 0 saturated carbocycles. The van der Waals surface area contributed by atoms with E-state index in [9.17, 15) is 0 Å². The molecule has 11 rings (SSSR count). The number of hydrogen-bond acceptors (Lipinski definition) is 4. The van der Waals surface area contributed by atoms with Crippen LogP contribution >= 0.6 is 11.3 Å². The van der Waals surface area contributed by atoms with E-state index in [1.54, 1.807) is 0 Å². The lowest BCUT2D eigenvalue weighted by Crippen LogP contribution is -1.96. The Morgan fingerprint density at radius 1 is 0.339 bits per heavy atom. The predicted octanol–water partition coefficient (Wildman–Crippen LogP) is 15.1. The number of pyridine rings is 1. The van der Waals surface area contributed by atoms with Crippen molar-refractivity contribution in [3.8, 4) is 77.9 Å². The quantitative estimate of drug-likeness (QED) is 0.162. The number of benzene rings is 8. The lowest BCUT2D eigenvalue weighted by molar-refractivity contribution is 1.18. The van der Waals surface area contributed by atoms with Gasteiger partial charge in [0.1, 0.15) is 0 Å². The molecule has 0 unspecified atom stereocenters. The summed E-state index contributed by atoms with van der Waals surface area (Å²) in [6.07, 6.45) is 0. The second-order valence-corrected chi connectivity index (χ2v) is 15.8. The van der Waals surface area contributed by atoms with Gasteiger partial charge in [0, 0.05) is 43.5 Å². The van der Waals surface area contributed by atoms with Crippen molar-refractivity contribution in [2.45, 2.75) is 0 Å². The molecule has 0 N–H and O–H groups in total. The molecule has 3 aromatic heterocycles. The Labute approximate surface area is 346 Å². The molecule has 0 atom stereocenters. The first-order valence-electron chi connectivity index (χ1n) is 19.8. The highest BCUT2D eigenvalue weighted by Crippen LogP contribution is 2.50. The van der Waals surface area contributed by atoms with Gasteiger partial charge in [-0.15, -0.1) is 11.3 Å². The molecule has 0 aliphatic rings. The maximum atomic E-state index is 5.32. The number of aromatic nitrogens is 3. The summed E-state index contributed by atoms with van der Waals surface area (Å²) >= 11 is 1.84. The topological polar surface area (TPSA) is 38.7 Å². The molecule has 0 aliphatic heterocycles. The molecule has 59 heavy (non-hydrogen) atoms. The van der Waals surface area contributed by atoms with Crippen LogP contribution in [0.25, 0.3) is 110 Å². The van der Waals surface area contributed by atoms with E-state index in [2.05, 4.69) is 188 Å². The maximum Gasteiger partial charge on any atom is 0.160 e. The van der Waals surface area contributed by atoms with Crippen LogP contribution in [-0.2, 0) is 0 Å². The molecule has 276 valence electrons. The van der Waals surface area contributed by atoms with Gasteiger partial charge < -0.3 is 0 Å². The van der Waals surface area contributed by atoms with Crippen LogP contribution in [0.2, 0.25) is 0 Å². The Bertz CT molecular complexity index is 3260. The number of para-hydroxylation sites is 1. The van der Waals surface area contributed by atoms with E-state index in [1.165, 1.54) is 42.4 Å². The van der Waals surface area contributed by atoms with Crippen LogP contribution in [0.1, 0.15) is 0 Å². The Balaban J connectivity index is 1.10. The van der Waals surface area contributed by atoms with Crippen molar-refractivity contribution >= 4 is 43.1 Å². The van der Waals surface area contributed by atoms with Gasteiger partial charge in [-0.25, -0.2) is 15.0 Å². The minimum atomic E-state index is 0.706. The molecule has 3 heterocycles. The molecular weight excluding hydrogens is 735 g/mol. The molecule has 3 nitrogen and oxygen atoms in total. The van der Waals surface area contributed by atoms with Gasteiger partial charge in [0.15, 0.2) is 5.82 Å². The van der Waals surface area contributed by atoms with Gasteiger partial charge in [-0.05, 0) is 63.4 Å². The van der Waals surface area contributed by atoms with Crippen LogP contribution in [0.5, 0.6) is 0 Å².